The van der Waals surface area contributed by atoms with E-state index >= 15 is 0 Å². The molecular weight excluding hydrogens is 376 g/mol. The minimum atomic E-state index is -0.569. The number of aliphatic hydroxyl groups is 1. The van der Waals surface area contributed by atoms with Gasteiger partial charge in [0.25, 0.3) is 5.91 Å². The van der Waals surface area contributed by atoms with E-state index < -0.39 is 5.97 Å². The van der Waals surface area contributed by atoms with Gasteiger partial charge in [-0.05, 0) is 30.7 Å². The van der Waals surface area contributed by atoms with E-state index in [2.05, 4.69) is 12.2 Å². The average molecular weight is 401 g/mol. The molecule has 28 heavy (non-hydrogen) atoms. The van der Waals surface area contributed by atoms with Crippen LogP contribution in [0, 0.1) is 0 Å². The maximum atomic E-state index is 12.8. The van der Waals surface area contributed by atoms with E-state index in [1.54, 1.807) is 40.9 Å². The third-order valence-corrected chi connectivity index (χ3v) is 5.68. The zero-order chi connectivity index (χ0) is 19.9. The molecule has 0 saturated heterocycles. The number of benzene rings is 2. The van der Waals surface area contributed by atoms with Gasteiger partial charge >= 0.3 is 5.97 Å². The fourth-order valence-electron chi connectivity index (χ4n) is 3.03. The Morgan fingerprint density at radius 2 is 1.96 bits per heavy atom. The normalized spacial score (nSPS) is 16.1. The van der Waals surface area contributed by atoms with Crippen molar-refractivity contribution in [3.05, 3.63) is 54.1 Å². The van der Waals surface area contributed by atoms with Crippen LogP contribution in [0.15, 0.2) is 53.4 Å². The topological polar surface area (TPSA) is 78.9 Å². The number of carbonyl (C=O) groups excluding carboxylic acids is 2. The van der Waals surface area contributed by atoms with Gasteiger partial charge in [-0.2, -0.15) is 0 Å². The Bertz CT molecular complexity index is 843. The zero-order valence-corrected chi connectivity index (χ0v) is 16.6. The molecule has 0 fully saturated rings. The number of para-hydroxylation sites is 2. The van der Waals surface area contributed by atoms with Gasteiger partial charge in [0.1, 0.15) is 0 Å². The number of carbonyl (C=O) groups is 2. The molecule has 1 amide bonds. The first kappa shape index (κ1) is 20.2. The second-order valence-electron chi connectivity index (χ2n) is 6.50. The van der Waals surface area contributed by atoms with Crippen molar-refractivity contribution in [2.45, 2.75) is 23.5 Å². The molecule has 0 radical (unpaired) electrons. The van der Waals surface area contributed by atoms with E-state index in [0.29, 0.717) is 29.6 Å². The summed E-state index contributed by atoms with van der Waals surface area (Å²) in [5.41, 5.74) is 1.77. The second-order valence-corrected chi connectivity index (χ2v) is 7.98. The third-order valence-electron chi connectivity index (χ3n) is 4.45. The highest BCUT2D eigenvalue weighted by Gasteiger charge is 2.25. The van der Waals surface area contributed by atoms with Crippen LogP contribution in [-0.2, 0) is 9.53 Å². The third kappa shape index (κ3) is 4.85. The van der Waals surface area contributed by atoms with Crippen LogP contribution in [-0.4, -0.2) is 48.5 Å². The molecule has 2 aromatic rings. The molecule has 0 bridgehead atoms. The highest BCUT2D eigenvalue weighted by atomic mass is 32.2. The molecule has 6 nitrogen and oxygen atoms in total. The lowest BCUT2D eigenvalue weighted by molar-refractivity contribution is -0.121. The number of anilines is 2. The summed E-state index contributed by atoms with van der Waals surface area (Å²) < 4.78 is 5.31. The molecule has 0 aliphatic carbocycles. The number of esters is 1. The van der Waals surface area contributed by atoms with E-state index in [1.165, 1.54) is 0 Å². The van der Waals surface area contributed by atoms with Gasteiger partial charge in [-0.3, -0.25) is 4.79 Å². The molecule has 0 spiro atoms. The number of thioether (sulfide) groups is 1. The van der Waals surface area contributed by atoms with Crippen LogP contribution in [0.1, 0.15) is 23.7 Å². The number of ether oxygens (including phenoxy) is 1. The summed E-state index contributed by atoms with van der Waals surface area (Å²) in [7, 11) is 0. The van der Waals surface area contributed by atoms with Crippen molar-refractivity contribution in [2.24, 2.45) is 0 Å². The fourth-order valence-corrected chi connectivity index (χ4v) is 4.15. The number of rotatable bonds is 6. The van der Waals surface area contributed by atoms with Crippen LogP contribution in [0.3, 0.4) is 0 Å². The van der Waals surface area contributed by atoms with Crippen LogP contribution >= 0.6 is 11.8 Å². The number of hydrogen-bond acceptors (Lipinski definition) is 6. The Balaban J connectivity index is 1.68. The Morgan fingerprint density at radius 3 is 2.79 bits per heavy atom. The fraction of sp³-hybridized carbons (Fsp3) is 0.333. The molecule has 148 valence electrons. The lowest BCUT2D eigenvalue weighted by Gasteiger charge is -2.22. The molecule has 2 aromatic carbocycles. The predicted octanol–water partition coefficient (Wildman–Crippen LogP) is 3.17. The number of hydrogen-bond donors (Lipinski definition) is 2. The van der Waals surface area contributed by atoms with E-state index in [4.69, 9.17) is 9.84 Å². The quantitative estimate of drug-likeness (QED) is 0.725. The van der Waals surface area contributed by atoms with Gasteiger partial charge in [0, 0.05) is 28.9 Å². The maximum absolute atomic E-state index is 12.8. The van der Waals surface area contributed by atoms with Crippen molar-refractivity contribution in [1.29, 1.82) is 0 Å². The molecule has 3 rings (SSSR count). The smallest absolute Gasteiger partial charge is 0.340 e. The summed E-state index contributed by atoms with van der Waals surface area (Å²) in [6.07, 6.45) is 0.868. The summed E-state index contributed by atoms with van der Waals surface area (Å²) in [5.74, 6) is -0.809. The molecule has 2 N–H and O–H groups in total. The second kappa shape index (κ2) is 9.61. The van der Waals surface area contributed by atoms with Crippen LogP contribution in [0.2, 0.25) is 0 Å². The molecule has 7 heteroatoms. The van der Waals surface area contributed by atoms with E-state index in [0.717, 1.165) is 17.0 Å². The van der Waals surface area contributed by atoms with Crippen LogP contribution in [0.5, 0.6) is 0 Å². The number of aliphatic hydroxyl groups excluding tert-OH is 1. The molecule has 0 aromatic heterocycles. The summed E-state index contributed by atoms with van der Waals surface area (Å²) in [6.45, 7) is 2.69. The zero-order valence-electron chi connectivity index (χ0n) is 15.8. The summed E-state index contributed by atoms with van der Waals surface area (Å²) >= 11 is 1.75. The van der Waals surface area contributed by atoms with Crippen LogP contribution < -0.4 is 10.2 Å². The van der Waals surface area contributed by atoms with Gasteiger partial charge in [0.05, 0.1) is 17.9 Å². The Kier molecular flexibility index (Phi) is 6.95. The van der Waals surface area contributed by atoms with Crippen molar-refractivity contribution in [2.75, 3.05) is 36.5 Å². The number of amides is 1. The Labute approximate surface area is 168 Å². The summed E-state index contributed by atoms with van der Waals surface area (Å²) in [4.78, 5) is 28.0. The van der Waals surface area contributed by atoms with Gasteiger partial charge in [0.2, 0.25) is 0 Å². The van der Waals surface area contributed by atoms with Crippen molar-refractivity contribution in [3.63, 3.8) is 0 Å². The first-order valence-electron chi connectivity index (χ1n) is 9.27. The highest BCUT2D eigenvalue weighted by molar-refractivity contribution is 8.00. The predicted molar refractivity (Wildman–Crippen MR) is 111 cm³/mol. The molecule has 1 aliphatic rings. The van der Waals surface area contributed by atoms with Gasteiger partial charge in [0.15, 0.2) is 6.61 Å². The molecule has 1 heterocycles. The van der Waals surface area contributed by atoms with Crippen LogP contribution in [0.25, 0.3) is 0 Å². The molecular formula is C21H24N2O4S. The number of nitrogens with zero attached hydrogens (tertiary/aromatic N) is 1. The lowest BCUT2D eigenvalue weighted by Crippen LogP contribution is -2.35. The van der Waals surface area contributed by atoms with Crippen molar-refractivity contribution < 1.29 is 19.4 Å². The van der Waals surface area contributed by atoms with Gasteiger partial charge in [-0.15, -0.1) is 11.8 Å². The van der Waals surface area contributed by atoms with Gasteiger partial charge < -0.3 is 20.1 Å². The highest BCUT2D eigenvalue weighted by Crippen LogP contribution is 2.37. The molecule has 1 aliphatic heterocycles. The summed E-state index contributed by atoms with van der Waals surface area (Å²) in [6, 6.07) is 14.7. The van der Waals surface area contributed by atoms with Crippen LogP contribution in [0.4, 0.5) is 11.4 Å². The van der Waals surface area contributed by atoms with Gasteiger partial charge in [-0.25, -0.2) is 4.79 Å². The first-order valence-corrected chi connectivity index (χ1v) is 10.1. The van der Waals surface area contributed by atoms with E-state index in [-0.39, 0.29) is 19.1 Å². The Morgan fingerprint density at radius 1 is 1.21 bits per heavy atom. The van der Waals surface area contributed by atoms with E-state index in [9.17, 15) is 9.59 Å². The maximum Gasteiger partial charge on any atom is 0.340 e. The van der Waals surface area contributed by atoms with Gasteiger partial charge in [-0.1, -0.05) is 31.2 Å². The first-order chi connectivity index (χ1) is 13.6. The molecule has 1 atom stereocenters. The van der Waals surface area contributed by atoms with E-state index in [1.807, 2.05) is 24.3 Å². The number of fused-ring (bicyclic) bond motifs is 1. The Hall–Kier alpha value is -2.51. The minimum absolute atomic E-state index is 0.0489. The minimum Gasteiger partial charge on any atom is -0.452 e. The average Bonchev–Trinajstić information content (AvgIpc) is 2.88. The van der Waals surface area contributed by atoms with Crippen molar-refractivity contribution in [1.82, 2.24) is 0 Å². The lowest BCUT2D eigenvalue weighted by atomic mass is 10.2. The summed E-state index contributed by atoms with van der Waals surface area (Å²) in [5, 5.41) is 12.3. The molecule has 0 saturated carbocycles. The molecule has 0 unspecified atom stereocenters. The SMILES string of the molecule is C[C@H]1CCN(C(=O)COC(=O)c2ccccc2NCCO)c2ccccc2S1. The standard InChI is InChI=1S/C21H24N2O4S/c1-15-10-12-23(18-8-4-5-9-19(18)28-15)20(25)14-27-21(26)16-6-2-3-7-17(16)22-11-13-24/h2-9,15,22,24H,10-14H2,1H3/t15-/m0/s1. The largest absolute Gasteiger partial charge is 0.452 e. The monoisotopic (exact) mass is 400 g/mol. The van der Waals surface area contributed by atoms with Crippen molar-refractivity contribution >= 4 is 35.0 Å². The number of nitrogens with one attached hydrogen (secondary N) is 1. The van der Waals surface area contributed by atoms with Crippen molar-refractivity contribution in [3.8, 4) is 0 Å².